The minimum Gasteiger partial charge on any atom is -0.478 e. The summed E-state index contributed by atoms with van der Waals surface area (Å²) in [4.78, 5) is 10.3. The average Bonchev–Trinajstić information content (AvgIpc) is 2.16. The highest BCUT2D eigenvalue weighted by Crippen LogP contribution is 2.25. The van der Waals surface area contributed by atoms with Crippen LogP contribution in [0, 0.1) is 5.82 Å². The van der Waals surface area contributed by atoms with Crippen LogP contribution < -0.4 is 0 Å². The Kier molecular flexibility index (Phi) is 3.08. The van der Waals surface area contributed by atoms with Gasteiger partial charge in [0.1, 0.15) is 5.82 Å². The van der Waals surface area contributed by atoms with E-state index in [-0.39, 0.29) is 0 Å². The van der Waals surface area contributed by atoms with E-state index >= 15 is 0 Å². The highest BCUT2D eigenvalue weighted by atomic mass is 19.3. The molecule has 2 nitrogen and oxygen atoms in total. The van der Waals surface area contributed by atoms with E-state index in [0.29, 0.717) is 12.1 Å². The van der Waals surface area contributed by atoms with Crippen LogP contribution in [0.15, 0.2) is 24.3 Å². The molecule has 0 amide bonds. The van der Waals surface area contributed by atoms with Gasteiger partial charge in [-0.3, -0.25) is 0 Å². The largest absolute Gasteiger partial charge is 0.478 e. The molecular weight excluding hydrogens is 216 g/mol. The van der Waals surface area contributed by atoms with Crippen molar-refractivity contribution in [2.75, 3.05) is 0 Å². The number of hydrogen-bond acceptors (Lipinski definition) is 1. The number of aromatic carboxylic acids is 1. The molecule has 0 aliphatic heterocycles. The number of rotatable bonds is 2. The van der Waals surface area contributed by atoms with Crippen molar-refractivity contribution in [1.82, 2.24) is 0 Å². The van der Waals surface area contributed by atoms with E-state index in [0.717, 1.165) is 6.07 Å². The fourth-order valence-corrected chi connectivity index (χ4v) is 0.928. The van der Waals surface area contributed by atoms with Gasteiger partial charge in [0.25, 0.3) is 0 Å². The van der Waals surface area contributed by atoms with Gasteiger partial charge in [-0.2, -0.15) is 8.78 Å². The van der Waals surface area contributed by atoms with Gasteiger partial charge in [0.05, 0.1) is 11.1 Å². The first-order chi connectivity index (χ1) is 6.93. The summed E-state index contributed by atoms with van der Waals surface area (Å²) in [5.41, 5.74) is -1.40. The molecule has 0 aromatic heterocycles. The molecule has 0 heterocycles. The molecule has 0 bridgehead atoms. The molecule has 0 atom stereocenters. The van der Waals surface area contributed by atoms with Crippen molar-refractivity contribution in [3.8, 4) is 0 Å². The molecule has 6 heteroatoms. The lowest BCUT2D eigenvalue weighted by molar-refractivity contribution is 0.0696. The smallest absolute Gasteiger partial charge is 0.335 e. The Bertz CT molecular complexity index is 436. The number of carboxylic acid groups (broad SMARTS) is 1. The Morgan fingerprint density at radius 1 is 1.20 bits per heavy atom. The molecule has 1 aromatic carbocycles. The molecular formula is C9H4F4O2. The fourth-order valence-electron chi connectivity index (χ4n) is 0.928. The average molecular weight is 220 g/mol. The highest BCUT2D eigenvalue weighted by molar-refractivity contribution is 5.88. The molecule has 0 aliphatic carbocycles. The van der Waals surface area contributed by atoms with Crippen LogP contribution in [0.5, 0.6) is 0 Å². The normalized spacial score (nSPS) is 9.87. The third-order valence-corrected chi connectivity index (χ3v) is 1.62. The van der Waals surface area contributed by atoms with Gasteiger partial charge in [-0.05, 0) is 18.2 Å². The molecule has 1 rings (SSSR count). The predicted octanol–water partition coefficient (Wildman–Crippen LogP) is 3.06. The molecule has 0 fully saturated rings. The van der Waals surface area contributed by atoms with Crippen LogP contribution in [0.1, 0.15) is 15.9 Å². The Hall–Kier alpha value is -1.85. The topological polar surface area (TPSA) is 37.3 Å². The standard InChI is InChI=1S/C9H4F4O2/c10-6-3-4(9(14)15)1-2-5(6)7(11)8(12)13/h1-3H,(H,14,15). The summed E-state index contributed by atoms with van der Waals surface area (Å²) in [7, 11) is 0. The summed E-state index contributed by atoms with van der Waals surface area (Å²) in [6, 6.07) is 1.96. The van der Waals surface area contributed by atoms with Crippen LogP contribution in [-0.4, -0.2) is 11.1 Å². The van der Waals surface area contributed by atoms with Crippen LogP contribution in [0.2, 0.25) is 0 Å². The first-order valence-electron chi connectivity index (χ1n) is 3.67. The molecule has 0 saturated heterocycles. The molecule has 0 unspecified atom stereocenters. The van der Waals surface area contributed by atoms with Crippen LogP contribution in [0.4, 0.5) is 17.6 Å². The highest BCUT2D eigenvalue weighted by Gasteiger charge is 2.15. The Morgan fingerprint density at radius 3 is 2.20 bits per heavy atom. The van der Waals surface area contributed by atoms with E-state index in [1.165, 1.54) is 0 Å². The van der Waals surface area contributed by atoms with Crippen LogP contribution in [0.3, 0.4) is 0 Å². The minimum atomic E-state index is -2.66. The molecule has 0 radical (unpaired) electrons. The Labute approximate surface area is 81.5 Å². The van der Waals surface area contributed by atoms with Crippen molar-refractivity contribution in [2.45, 2.75) is 0 Å². The second kappa shape index (κ2) is 4.12. The van der Waals surface area contributed by atoms with Gasteiger partial charge in [0.15, 0.2) is 5.83 Å². The zero-order valence-electron chi connectivity index (χ0n) is 7.10. The van der Waals surface area contributed by atoms with Crippen molar-refractivity contribution in [1.29, 1.82) is 0 Å². The molecule has 1 aromatic rings. The van der Waals surface area contributed by atoms with Gasteiger partial charge in [0, 0.05) is 0 Å². The number of carbonyl (C=O) groups is 1. The van der Waals surface area contributed by atoms with Gasteiger partial charge >= 0.3 is 12.0 Å². The summed E-state index contributed by atoms with van der Waals surface area (Å²) in [5.74, 6) is -4.77. The van der Waals surface area contributed by atoms with Gasteiger partial charge in [-0.1, -0.05) is 0 Å². The van der Waals surface area contributed by atoms with Crippen molar-refractivity contribution in [3.63, 3.8) is 0 Å². The quantitative estimate of drug-likeness (QED) is 0.777. The number of carboxylic acids is 1. The SMILES string of the molecule is O=C(O)c1ccc(C(F)=C(F)F)c(F)c1. The Balaban J connectivity index is 3.26. The lowest BCUT2D eigenvalue weighted by atomic mass is 10.1. The van der Waals surface area contributed by atoms with E-state index in [1.54, 1.807) is 0 Å². The maximum absolute atomic E-state index is 13.0. The first-order valence-corrected chi connectivity index (χ1v) is 3.67. The van der Waals surface area contributed by atoms with Crippen LogP contribution in [-0.2, 0) is 0 Å². The maximum atomic E-state index is 13.0. The van der Waals surface area contributed by atoms with Crippen molar-refractivity contribution in [2.24, 2.45) is 0 Å². The van der Waals surface area contributed by atoms with Gasteiger partial charge in [0.2, 0.25) is 0 Å². The second-order valence-electron chi connectivity index (χ2n) is 2.57. The van der Waals surface area contributed by atoms with Crippen molar-refractivity contribution < 1.29 is 27.5 Å². The number of benzene rings is 1. The summed E-state index contributed by atoms with van der Waals surface area (Å²) in [6.45, 7) is 0. The zero-order valence-corrected chi connectivity index (χ0v) is 7.10. The second-order valence-corrected chi connectivity index (χ2v) is 2.57. The third-order valence-electron chi connectivity index (χ3n) is 1.62. The number of hydrogen-bond donors (Lipinski definition) is 1. The van der Waals surface area contributed by atoms with E-state index < -0.39 is 34.8 Å². The summed E-state index contributed by atoms with van der Waals surface area (Å²) in [5, 5.41) is 8.43. The maximum Gasteiger partial charge on any atom is 0.335 e. The third kappa shape index (κ3) is 2.34. The van der Waals surface area contributed by atoms with Crippen molar-refractivity contribution in [3.05, 3.63) is 41.2 Å². The number of halogens is 4. The molecule has 15 heavy (non-hydrogen) atoms. The fraction of sp³-hybridized carbons (Fsp3) is 0. The molecule has 80 valence electrons. The Morgan fingerprint density at radius 2 is 1.80 bits per heavy atom. The molecule has 0 saturated carbocycles. The summed E-state index contributed by atoms with van der Waals surface area (Å²) in [6.07, 6.45) is -2.66. The van der Waals surface area contributed by atoms with E-state index in [2.05, 4.69) is 0 Å². The summed E-state index contributed by atoms with van der Waals surface area (Å²) >= 11 is 0. The van der Waals surface area contributed by atoms with E-state index in [1.807, 2.05) is 0 Å². The lowest BCUT2D eigenvalue weighted by Gasteiger charge is -2.00. The molecule has 0 spiro atoms. The van der Waals surface area contributed by atoms with Crippen LogP contribution >= 0.6 is 0 Å². The van der Waals surface area contributed by atoms with Gasteiger partial charge in [-0.25, -0.2) is 13.6 Å². The first kappa shape index (κ1) is 11.2. The molecule has 1 N–H and O–H groups in total. The van der Waals surface area contributed by atoms with Gasteiger partial charge in [-0.15, -0.1) is 0 Å². The van der Waals surface area contributed by atoms with Crippen molar-refractivity contribution >= 4 is 11.8 Å². The summed E-state index contributed by atoms with van der Waals surface area (Å²) < 4.78 is 49.1. The predicted molar refractivity (Wildman–Crippen MR) is 43.6 cm³/mol. The van der Waals surface area contributed by atoms with Gasteiger partial charge < -0.3 is 5.11 Å². The minimum absolute atomic E-state index is 0.441. The van der Waals surface area contributed by atoms with Crippen LogP contribution in [0.25, 0.3) is 5.83 Å². The zero-order chi connectivity index (χ0) is 11.6. The van der Waals surface area contributed by atoms with E-state index in [9.17, 15) is 22.4 Å². The monoisotopic (exact) mass is 220 g/mol. The lowest BCUT2D eigenvalue weighted by Crippen LogP contribution is -1.98. The molecule has 0 aliphatic rings. The van der Waals surface area contributed by atoms with E-state index in [4.69, 9.17) is 5.11 Å².